The Labute approximate surface area is 207 Å². The first-order valence-electron chi connectivity index (χ1n) is 11.3. The van der Waals surface area contributed by atoms with E-state index in [0.29, 0.717) is 17.5 Å². The highest BCUT2D eigenvalue weighted by atomic mass is 32.2. The van der Waals surface area contributed by atoms with Crippen LogP contribution < -0.4 is 5.56 Å². The van der Waals surface area contributed by atoms with Gasteiger partial charge in [-0.15, -0.1) is 5.10 Å². The van der Waals surface area contributed by atoms with Crippen molar-refractivity contribution in [3.63, 3.8) is 0 Å². The molecule has 9 nitrogen and oxygen atoms in total. The summed E-state index contributed by atoms with van der Waals surface area (Å²) in [6.45, 7) is 0.0577. The molecule has 0 amide bonds. The van der Waals surface area contributed by atoms with Crippen LogP contribution in [0, 0.1) is 5.82 Å². The Bertz CT molecular complexity index is 1630. The molecule has 14 heteroatoms. The van der Waals surface area contributed by atoms with E-state index in [0.717, 1.165) is 22.5 Å². The number of aromatic nitrogens is 5. The molecule has 2 aromatic heterocycles. The van der Waals surface area contributed by atoms with Crippen LogP contribution >= 0.6 is 0 Å². The van der Waals surface area contributed by atoms with Gasteiger partial charge in [0.15, 0.2) is 11.2 Å². The molecule has 37 heavy (non-hydrogen) atoms. The summed E-state index contributed by atoms with van der Waals surface area (Å²) in [5.74, 6) is -0.446. The van der Waals surface area contributed by atoms with E-state index in [-0.39, 0.29) is 49.6 Å². The highest BCUT2D eigenvalue weighted by molar-refractivity contribution is 7.89. The lowest BCUT2D eigenvalue weighted by Gasteiger charge is -2.30. The van der Waals surface area contributed by atoms with E-state index in [4.69, 9.17) is 0 Å². The number of hydrogen-bond donors (Lipinski definition) is 1. The molecule has 0 bridgehead atoms. The van der Waals surface area contributed by atoms with Crippen molar-refractivity contribution in [3.8, 4) is 0 Å². The molecule has 0 unspecified atom stereocenters. The summed E-state index contributed by atoms with van der Waals surface area (Å²) in [6.07, 6.45) is -4.11. The lowest BCUT2D eigenvalue weighted by Crippen LogP contribution is -2.38. The number of fused-ring (bicyclic) bond motifs is 1. The molecule has 1 aliphatic rings. The Morgan fingerprint density at radius 3 is 2.49 bits per heavy atom. The minimum atomic E-state index is -4.66. The van der Waals surface area contributed by atoms with E-state index in [1.54, 1.807) is 18.2 Å². The predicted octanol–water partition coefficient (Wildman–Crippen LogP) is 3.29. The Balaban J connectivity index is 1.36. The molecule has 1 saturated heterocycles. The van der Waals surface area contributed by atoms with E-state index < -0.39 is 38.0 Å². The zero-order chi connectivity index (χ0) is 26.4. The van der Waals surface area contributed by atoms with Gasteiger partial charge >= 0.3 is 6.18 Å². The van der Waals surface area contributed by atoms with Gasteiger partial charge < -0.3 is 4.98 Å². The summed E-state index contributed by atoms with van der Waals surface area (Å²) < 4.78 is 81.7. The number of alkyl halides is 3. The minimum Gasteiger partial charge on any atom is -0.308 e. The van der Waals surface area contributed by atoms with E-state index in [1.165, 1.54) is 10.7 Å². The highest BCUT2D eigenvalue weighted by Crippen LogP contribution is 2.33. The summed E-state index contributed by atoms with van der Waals surface area (Å²) in [7, 11) is -4.15. The van der Waals surface area contributed by atoms with Crippen LogP contribution in [0.5, 0.6) is 0 Å². The van der Waals surface area contributed by atoms with Crippen molar-refractivity contribution in [3.05, 3.63) is 81.7 Å². The molecule has 1 fully saturated rings. The number of hydrogen-bond acceptors (Lipinski definition) is 6. The molecule has 0 radical (unpaired) electrons. The molecule has 194 valence electrons. The van der Waals surface area contributed by atoms with Crippen molar-refractivity contribution >= 4 is 21.2 Å². The largest absolute Gasteiger partial charge is 0.416 e. The first kappa shape index (κ1) is 25.0. The monoisotopic (exact) mass is 536 g/mol. The fourth-order valence-electron chi connectivity index (χ4n) is 4.32. The van der Waals surface area contributed by atoms with Gasteiger partial charge in [0.25, 0.3) is 5.56 Å². The Hall–Kier alpha value is -3.65. The molecule has 0 spiro atoms. The van der Waals surface area contributed by atoms with Crippen LogP contribution in [0.1, 0.15) is 35.7 Å². The number of rotatable bonds is 5. The maximum Gasteiger partial charge on any atom is 0.416 e. The fourth-order valence-corrected chi connectivity index (χ4v) is 5.84. The van der Waals surface area contributed by atoms with E-state index >= 15 is 0 Å². The SMILES string of the molecule is O=c1[nH]c(C2CCN(S(=O)(=O)c3cccc(C(F)(F)F)c3)CC2)nc2c1nnn2Cc1ccccc1F. The van der Waals surface area contributed by atoms with Crippen LogP contribution in [0.2, 0.25) is 0 Å². The van der Waals surface area contributed by atoms with Crippen molar-refractivity contribution < 1.29 is 26.0 Å². The highest BCUT2D eigenvalue weighted by Gasteiger charge is 2.35. The molecule has 3 heterocycles. The molecular weight excluding hydrogens is 516 g/mol. The lowest BCUT2D eigenvalue weighted by atomic mass is 9.97. The average Bonchev–Trinajstić information content (AvgIpc) is 3.28. The molecule has 1 aliphatic heterocycles. The van der Waals surface area contributed by atoms with Crippen LogP contribution in [0.4, 0.5) is 17.6 Å². The standard InChI is InChI=1S/C23H20F4N6O3S/c24-18-7-2-1-4-15(18)13-33-21-19(30-31-33)22(34)29-20(28-21)14-8-10-32(11-9-14)37(35,36)17-6-3-5-16(12-17)23(25,26)27/h1-7,12,14H,8-11,13H2,(H,28,29,34). The van der Waals surface area contributed by atoms with Crippen molar-refractivity contribution in [1.82, 2.24) is 29.3 Å². The Morgan fingerprint density at radius 2 is 1.78 bits per heavy atom. The number of H-pyrrole nitrogens is 1. The second kappa shape index (κ2) is 9.34. The minimum absolute atomic E-state index is 0.00669. The summed E-state index contributed by atoms with van der Waals surface area (Å²) in [5, 5.41) is 7.78. The third kappa shape index (κ3) is 4.85. The third-order valence-electron chi connectivity index (χ3n) is 6.31. The van der Waals surface area contributed by atoms with E-state index in [1.807, 2.05) is 0 Å². The zero-order valence-electron chi connectivity index (χ0n) is 19.1. The van der Waals surface area contributed by atoms with Crippen LogP contribution in [-0.4, -0.2) is 50.8 Å². The predicted molar refractivity (Wildman–Crippen MR) is 124 cm³/mol. The Kier molecular flexibility index (Phi) is 6.31. The van der Waals surface area contributed by atoms with Gasteiger partial charge in [-0.05, 0) is 37.1 Å². The van der Waals surface area contributed by atoms with Gasteiger partial charge in [0.05, 0.1) is 17.0 Å². The van der Waals surface area contributed by atoms with Crippen molar-refractivity contribution in [2.24, 2.45) is 0 Å². The molecule has 0 saturated carbocycles. The van der Waals surface area contributed by atoms with Gasteiger partial charge in [0.1, 0.15) is 11.6 Å². The lowest BCUT2D eigenvalue weighted by molar-refractivity contribution is -0.137. The van der Waals surface area contributed by atoms with Gasteiger partial charge in [-0.1, -0.05) is 29.5 Å². The number of piperidine rings is 1. The number of benzene rings is 2. The zero-order valence-corrected chi connectivity index (χ0v) is 19.9. The van der Waals surface area contributed by atoms with E-state index in [2.05, 4.69) is 20.3 Å². The quantitative estimate of drug-likeness (QED) is 0.392. The maximum atomic E-state index is 14.1. The molecule has 0 aliphatic carbocycles. The number of halogens is 4. The molecule has 1 N–H and O–H groups in total. The normalized spacial score (nSPS) is 15.9. The van der Waals surface area contributed by atoms with Gasteiger partial charge in [-0.25, -0.2) is 22.5 Å². The second-order valence-corrected chi connectivity index (χ2v) is 10.6. The summed E-state index contributed by atoms with van der Waals surface area (Å²) in [4.78, 5) is 19.3. The number of sulfonamides is 1. The number of aromatic amines is 1. The molecular formula is C23H20F4N6O3S. The number of nitrogens with one attached hydrogen (secondary N) is 1. The van der Waals surface area contributed by atoms with Crippen molar-refractivity contribution in [2.75, 3.05) is 13.1 Å². The first-order valence-corrected chi connectivity index (χ1v) is 12.7. The average molecular weight is 537 g/mol. The second-order valence-electron chi connectivity index (χ2n) is 8.67. The maximum absolute atomic E-state index is 14.1. The summed E-state index contributed by atoms with van der Waals surface area (Å²) in [5.41, 5.74) is -1.07. The fraction of sp³-hybridized carbons (Fsp3) is 0.304. The number of nitrogens with zero attached hydrogens (tertiary/aromatic N) is 5. The van der Waals surface area contributed by atoms with Gasteiger partial charge in [0, 0.05) is 24.6 Å². The molecule has 0 atom stereocenters. The van der Waals surface area contributed by atoms with Crippen LogP contribution in [0.3, 0.4) is 0 Å². The summed E-state index contributed by atoms with van der Waals surface area (Å²) >= 11 is 0. The van der Waals surface area contributed by atoms with Gasteiger partial charge in [0.2, 0.25) is 10.0 Å². The first-order chi connectivity index (χ1) is 17.5. The van der Waals surface area contributed by atoms with Crippen LogP contribution in [-0.2, 0) is 22.7 Å². The van der Waals surface area contributed by atoms with Gasteiger partial charge in [-0.3, -0.25) is 4.79 Å². The molecule has 5 rings (SSSR count). The van der Waals surface area contributed by atoms with Gasteiger partial charge in [-0.2, -0.15) is 17.5 Å². The van der Waals surface area contributed by atoms with Crippen LogP contribution in [0.15, 0.2) is 58.2 Å². The third-order valence-corrected chi connectivity index (χ3v) is 8.20. The summed E-state index contributed by atoms with van der Waals surface area (Å²) in [6, 6.07) is 9.74. The van der Waals surface area contributed by atoms with Crippen LogP contribution in [0.25, 0.3) is 11.2 Å². The molecule has 2 aromatic carbocycles. The Morgan fingerprint density at radius 1 is 1.05 bits per heavy atom. The smallest absolute Gasteiger partial charge is 0.308 e. The molecule has 4 aromatic rings. The topological polar surface area (TPSA) is 114 Å². The van der Waals surface area contributed by atoms with Crippen molar-refractivity contribution in [1.29, 1.82) is 0 Å². The van der Waals surface area contributed by atoms with Crippen molar-refractivity contribution in [2.45, 2.75) is 36.4 Å². The van der Waals surface area contributed by atoms with E-state index in [9.17, 15) is 30.8 Å².